The SMILES string of the molecule is CCCCOc1c(COn2nnc3ccccc32)ncc(C(=O)NCc2ccc(F)cc2F)c1O. The first-order valence-corrected chi connectivity index (χ1v) is 11.0. The number of hydrogen-bond acceptors (Lipinski definition) is 7. The number of aromatic nitrogens is 4. The molecule has 35 heavy (non-hydrogen) atoms. The Morgan fingerprint density at radius 2 is 2.03 bits per heavy atom. The standard InChI is InChI=1S/C24H23F2N5O4/c1-2-3-10-34-23-20(14-35-31-21-7-5-4-6-19(21)29-30-31)27-13-17(22(23)32)24(33)28-12-15-8-9-16(25)11-18(15)26/h4-9,11,13H,2-3,10,12,14H2,1H3,(H,27,32)(H,28,33). The summed E-state index contributed by atoms with van der Waals surface area (Å²) in [6, 6.07) is 10.3. The molecule has 182 valence electrons. The van der Waals surface area contributed by atoms with E-state index in [-0.39, 0.29) is 42.3 Å². The third-order valence-electron chi connectivity index (χ3n) is 5.17. The van der Waals surface area contributed by atoms with Gasteiger partial charge in [-0.15, -0.1) is 5.10 Å². The van der Waals surface area contributed by atoms with Gasteiger partial charge in [0.05, 0.1) is 6.61 Å². The first kappa shape index (κ1) is 23.9. The van der Waals surface area contributed by atoms with E-state index >= 15 is 0 Å². The van der Waals surface area contributed by atoms with E-state index in [1.807, 2.05) is 19.1 Å². The quantitative estimate of drug-likeness (QED) is 0.332. The molecule has 0 radical (unpaired) electrons. The molecule has 11 heteroatoms. The lowest BCUT2D eigenvalue weighted by molar-refractivity contribution is 0.0708. The molecular weight excluding hydrogens is 460 g/mol. The molecule has 1 amide bonds. The highest BCUT2D eigenvalue weighted by Crippen LogP contribution is 2.33. The third-order valence-corrected chi connectivity index (χ3v) is 5.17. The summed E-state index contributed by atoms with van der Waals surface area (Å²) in [5.74, 6) is -2.62. The van der Waals surface area contributed by atoms with E-state index in [1.165, 1.54) is 17.1 Å². The lowest BCUT2D eigenvalue weighted by Crippen LogP contribution is -2.24. The van der Waals surface area contributed by atoms with Gasteiger partial charge in [0.25, 0.3) is 5.91 Å². The van der Waals surface area contributed by atoms with E-state index in [1.54, 1.807) is 12.1 Å². The van der Waals surface area contributed by atoms with Crippen LogP contribution in [0, 0.1) is 11.6 Å². The summed E-state index contributed by atoms with van der Waals surface area (Å²) in [6.07, 6.45) is 2.75. The van der Waals surface area contributed by atoms with Gasteiger partial charge in [-0.1, -0.05) is 36.4 Å². The lowest BCUT2D eigenvalue weighted by atomic mass is 10.1. The number of nitrogens with zero attached hydrogens (tertiary/aromatic N) is 4. The zero-order valence-electron chi connectivity index (χ0n) is 18.9. The molecule has 0 bridgehead atoms. The Morgan fingerprint density at radius 1 is 1.20 bits per heavy atom. The number of pyridine rings is 1. The number of fused-ring (bicyclic) bond motifs is 1. The van der Waals surface area contributed by atoms with Gasteiger partial charge < -0.3 is 20.0 Å². The Balaban J connectivity index is 1.53. The van der Waals surface area contributed by atoms with Gasteiger partial charge in [-0.25, -0.2) is 8.78 Å². The van der Waals surface area contributed by atoms with Gasteiger partial charge in [0.2, 0.25) is 0 Å². The van der Waals surface area contributed by atoms with Crippen LogP contribution in [0.2, 0.25) is 0 Å². The molecule has 2 aromatic heterocycles. The summed E-state index contributed by atoms with van der Waals surface area (Å²) in [5, 5.41) is 21.3. The molecule has 2 heterocycles. The van der Waals surface area contributed by atoms with Gasteiger partial charge in [-0.05, 0) is 29.8 Å². The highest BCUT2D eigenvalue weighted by Gasteiger charge is 2.22. The van der Waals surface area contributed by atoms with Gasteiger partial charge in [0, 0.05) is 24.4 Å². The predicted molar refractivity (Wildman–Crippen MR) is 122 cm³/mol. The molecule has 0 saturated heterocycles. The number of amides is 1. The Hall–Kier alpha value is -4.28. The van der Waals surface area contributed by atoms with Gasteiger partial charge >= 0.3 is 0 Å². The summed E-state index contributed by atoms with van der Waals surface area (Å²) >= 11 is 0. The monoisotopic (exact) mass is 483 g/mol. The molecule has 0 atom stereocenters. The minimum atomic E-state index is -0.788. The number of carbonyl (C=O) groups excluding carboxylic acids is 1. The highest BCUT2D eigenvalue weighted by atomic mass is 19.1. The van der Waals surface area contributed by atoms with Crippen molar-refractivity contribution in [3.05, 3.63) is 77.1 Å². The first-order valence-electron chi connectivity index (χ1n) is 11.0. The largest absolute Gasteiger partial charge is 0.504 e. The smallest absolute Gasteiger partial charge is 0.257 e. The van der Waals surface area contributed by atoms with E-state index in [2.05, 4.69) is 20.6 Å². The number of unbranched alkanes of at least 4 members (excludes halogenated alkanes) is 1. The maximum atomic E-state index is 13.9. The van der Waals surface area contributed by atoms with E-state index in [4.69, 9.17) is 9.57 Å². The predicted octanol–water partition coefficient (Wildman–Crippen LogP) is 3.55. The van der Waals surface area contributed by atoms with E-state index < -0.39 is 23.3 Å². The number of carbonyl (C=O) groups is 1. The number of aromatic hydroxyl groups is 1. The van der Waals surface area contributed by atoms with E-state index in [0.717, 1.165) is 18.6 Å². The van der Waals surface area contributed by atoms with Gasteiger partial charge in [0.1, 0.15) is 33.9 Å². The summed E-state index contributed by atoms with van der Waals surface area (Å²) in [6.45, 7) is 1.95. The number of benzene rings is 2. The Bertz CT molecular complexity index is 1340. The summed E-state index contributed by atoms with van der Waals surface area (Å²) < 4.78 is 32.7. The molecule has 0 saturated carbocycles. The number of ether oxygens (including phenoxy) is 1. The summed E-state index contributed by atoms with van der Waals surface area (Å²) in [4.78, 5) is 23.9. The van der Waals surface area contributed by atoms with Crippen LogP contribution in [0.4, 0.5) is 8.78 Å². The van der Waals surface area contributed by atoms with Crippen molar-refractivity contribution in [2.75, 3.05) is 6.61 Å². The van der Waals surface area contributed by atoms with Crippen molar-refractivity contribution in [2.24, 2.45) is 0 Å². The molecule has 0 aliphatic rings. The fraction of sp³-hybridized carbons (Fsp3) is 0.250. The van der Waals surface area contributed by atoms with Crippen LogP contribution >= 0.6 is 0 Å². The highest BCUT2D eigenvalue weighted by molar-refractivity contribution is 5.97. The van der Waals surface area contributed by atoms with Gasteiger partial charge in [-0.2, -0.15) is 0 Å². The van der Waals surface area contributed by atoms with Crippen LogP contribution in [0.1, 0.15) is 41.4 Å². The van der Waals surface area contributed by atoms with Crippen LogP contribution < -0.4 is 14.9 Å². The van der Waals surface area contributed by atoms with E-state index in [9.17, 15) is 18.7 Å². The second-order valence-corrected chi connectivity index (χ2v) is 7.64. The molecule has 2 aromatic carbocycles. The zero-order valence-corrected chi connectivity index (χ0v) is 18.9. The fourth-order valence-corrected chi connectivity index (χ4v) is 3.26. The number of rotatable bonds is 10. The average Bonchev–Trinajstić information content (AvgIpc) is 3.26. The maximum Gasteiger partial charge on any atom is 0.257 e. The molecule has 9 nitrogen and oxygen atoms in total. The van der Waals surface area contributed by atoms with Crippen LogP contribution in [-0.2, 0) is 13.2 Å². The number of hydrogen-bond donors (Lipinski definition) is 2. The normalized spacial score (nSPS) is 10.9. The van der Waals surface area contributed by atoms with Crippen LogP contribution in [0.15, 0.2) is 48.7 Å². The topological polar surface area (TPSA) is 111 Å². The van der Waals surface area contributed by atoms with Crippen molar-refractivity contribution in [1.29, 1.82) is 0 Å². The fourth-order valence-electron chi connectivity index (χ4n) is 3.26. The molecule has 2 N–H and O–H groups in total. The van der Waals surface area contributed by atoms with Gasteiger partial charge in [-0.3, -0.25) is 9.78 Å². The lowest BCUT2D eigenvalue weighted by Gasteiger charge is -2.15. The minimum Gasteiger partial charge on any atom is -0.504 e. The molecule has 0 aliphatic heterocycles. The molecule has 0 unspecified atom stereocenters. The van der Waals surface area contributed by atoms with Crippen molar-refractivity contribution in [3.8, 4) is 11.5 Å². The minimum absolute atomic E-state index is 0.00323. The summed E-state index contributed by atoms with van der Waals surface area (Å²) in [7, 11) is 0. The Kier molecular flexibility index (Phi) is 7.34. The van der Waals surface area contributed by atoms with Crippen LogP contribution in [0.3, 0.4) is 0 Å². The van der Waals surface area contributed by atoms with Crippen LogP contribution in [0.25, 0.3) is 11.0 Å². The average molecular weight is 483 g/mol. The van der Waals surface area contributed by atoms with Crippen molar-refractivity contribution >= 4 is 16.9 Å². The molecular formula is C24H23F2N5O4. The molecule has 0 fully saturated rings. The van der Waals surface area contributed by atoms with Crippen molar-refractivity contribution in [1.82, 2.24) is 25.5 Å². The van der Waals surface area contributed by atoms with Gasteiger partial charge in [0.15, 0.2) is 18.1 Å². The van der Waals surface area contributed by atoms with Crippen molar-refractivity contribution in [2.45, 2.75) is 32.9 Å². The second-order valence-electron chi connectivity index (χ2n) is 7.64. The Labute approximate surface area is 199 Å². The zero-order chi connectivity index (χ0) is 24.8. The maximum absolute atomic E-state index is 13.9. The number of halogens is 2. The number of nitrogens with one attached hydrogen (secondary N) is 1. The number of para-hydroxylation sites is 1. The van der Waals surface area contributed by atoms with Crippen LogP contribution in [-0.4, -0.2) is 37.8 Å². The van der Waals surface area contributed by atoms with Crippen molar-refractivity contribution < 1.29 is 28.3 Å². The molecule has 0 spiro atoms. The van der Waals surface area contributed by atoms with Crippen molar-refractivity contribution in [3.63, 3.8) is 0 Å². The molecule has 0 aliphatic carbocycles. The van der Waals surface area contributed by atoms with Crippen LogP contribution in [0.5, 0.6) is 11.5 Å². The first-order chi connectivity index (χ1) is 17.0. The summed E-state index contributed by atoms with van der Waals surface area (Å²) in [5.41, 5.74) is 1.48. The third kappa shape index (κ3) is 5.45. The van der Waals surface area contributed by atoms with E-state index in [0.29, 0.717) is 17.5 Å². The molecule has 4 aromatic rings. The Morgan fingerprint density at radius 3 is 2.83 bits per heavy atom. The second kappa shape index (κ2) is 10.8. The molecule has 4 rings (SSSR count).